The zero-order valence-corrected chi connectivity index (χ0v) is 24.5. The molecule has 0 unspecified atom stereocenters. The van der Waals surface area contributed by atoms with E-state index in [1.54, 1.807) is 0 Å². The van der Waals surface area contributed by atoms with Crippen LogP contribution in [-0.2, 0) is 6.54 Å². The normalized spacial score (nSPS) is 17.9. The van der Waals surface area contributed by atoms with Gasteiger partial charge in [0.05, 0.1) is 23.6 Å². The van der Waals surface area contributed by atoms with Gasteiger partial charge in [-0.1, -0.05) is 30.3 Å². The van der Waals surface area contributed by atoms with Crippen molar-refractivity contribution in [1.29, 1.82) is 0 Å². The summed E-state index contributed by atoms with van der Waals surface area (Å²) in [5, 5.41) is 0. The number of aromatic nitrogens is 2. The number of carbonyl (C=O) groups is 1. The van der Waals surface area contributed by atoms with Gasteiger partial charge >= 0.3 is 0 Å². The van der Waals surface area contributed by atoms with Gasteiger partial charge in [0.2, 0.25) is 0 Å². The number of rotatable bonds is 8. The van der Waals surface area contributed by atoms with Crippen LogP contribution >= 0.6 is 0 Å². The second-order valence-electron chi connectivity index (χ2n) is 11.5. The molecule has 7 heteroatoms. The molecule has 212 valence electrons. The summed E-state index contributed by atoms with van der Waals surface area (Å²) in [7, 11) is 0. The molecule has 7 nitrogen and oxygen atoms in total. The minimum atomic E-state index is 0.0725. The molecule has 2 aliphatic rings. The standard InChI is InChI=1S/C33H43N5O2/c1-5-40-30-13-11-28(12-14-30)38(23-27-9-7-6-8-10-27)29-15-19-37(20-16-29)33(4)17-21-36(22-18-33)32(39)31-25(2)34-24-35-26(31)3/h6-14,24,29H,5,15-23H2,1-4H3. The molecule has 3 heterocycles. The van der Waals surface area contributed by atoms with Crippen LogP contribution < -0.4 is 9.64 Å². The summed E-state index contributed by atoms with van der Waals surface area (Å²) in [4.78, 5) is 29.1. The second kappa shape index (κ2) is 12.4. The van der Waals surface area contributed by atoms with E-state index in [1.807, 2.05) is 25.7 Å². The van der Waals surface area contributed by atoms with E-state index >= 15 is 0 Å². The molecule has 5 rings (SSSR count). The molecular weight excluding hydrogens is 498 g/mol. The first kappa shape index (κ1) is 28.1. The number of hydrogen-bond acceptors (Lipinski definition) is 6. The predicted molar refractivity (Wildman–Crippen MR) is 160 cm³/mol. The van der Waals surface area contributed by atoms with Crippen molar-refractivity contribution in [2.75, 3.05) is 37.7 Å². The lowest BCUT2D eigenvalue weighted by Gasteiger charge is -2.50. The Morgan fingerprint density at radius 2 is 1.57 bits per heavy atom. The average Bonchev–Trinajstić information content (AvgIpc) is 2.97. The van der Waals surface area contributed by atoms with Gasteiger partial charge in [-0.2, -0.15) is 0 Å². The van der Waals surface area contributed by atoms with E-state index in [0.717, 1.165) is 75.5 Å². The number of hydrogen-bond donors (Lipinski definition) is 0. The van der Waals surface area contributed by atoms with E-state index in [9.17, 15) is 4.79 Å². The van der Waals surface area contributed by atoms with Gasteiger partial charge < -0.3 is 14.5 Å². The van der Waals surface area contributed by atoms with Gasteiger partial charge in [-0.3, -0.25) is 9.69 Å². The third-order valence-electron chi connectivity index (χ3n) is 8.91. The van der Waals surface area contributed by atoms with E-state index in [-0.39, 0.29) is 11.4 Å². The molecule has 2 saturated heterocycles. The summed E-state index contributed by atoms with van der Waals surface area (Å²) >= 11 is 0. The van der Waals surface area contributed by atoms with Crippen molar-refractivity contribution in [3.05, 3.63) is 83.4 Å². The summed E-state index contributed by atoms with van der Waals surface area (Å²) in [6, 6.07) is 19.8. The fraction of sp³-hybridized carbons (Fsp3) is 0.485. The van der Waals surface area contributed by atoms with Crippen molar-refractivity contribution in [3.8, 4) is 5.75 Å². The number of anilines is 1. The Bertz CT molecular complexity index is 1240. The van der Waals surface area contributed by atoms with Crippen LogP contribution in [0.5, 0.6) is 5.75 Å². The Kier molecular flexibility index (Phi) is 8.69. The zero-order chi connectivity index (χ0) is 28.1. The Labute approximate surface area is 239 Å². The topological polar surface area (TPSA) is 61.8 Å². The summed E-state index contributed by atoms with van der Waals surface area (Å²) in [6.07, 6.45) is 5.76. The molecule has 0 N–H and O–H groups in total. The average molecular weight is 542 g/mol. The molecule has 1 aromatic heterocycles. The lowest BCUT2D eigenvalue weighted by Crippen LogP contribution is -2.58. The maximum Gasteiger partial charge on any atom is 0.257 e. The van der Waals surface area contributed by atoms with Crippen molar-refractivity contribution in [2.45, 2.75) is 71.5 Å². The first-order valence-corrected chi connectivity index (χ1v) is 14.7. The fourth-order valence-corrected chi connectivity index (χ4v) is 6.40. The predicted octanol–water partition coefficient (Wildman–Crippen LogP) is 5.66. The number of carbonyl (C=O) groups excluding carboxylic acids is 1. The first-order valence-electron chi connectivity index (χ1n) is 14.7. The number of amides is 1. The maximum absolute atomic E-state index is 13.3. The molecule has 0 aliphatic carbocycles. The molecule has 0 bridgehead atoms. The van der Waals surface area contributed by atoms with Crippen molar-refractivity contribution >= 4 is 11.6 Å². The van der Waals surface area contributed by atoms with Gasteiger partial charge in [0.15, 0.2) is 0 Å². The molecule has 2 aliphatic heterocycles. The molecule has 40 heavy (non-hydrogen) atoms. The van der Waals surface area contributed by atoms with Crippen molar-refractivity contribution in [3.63, 3.8) is 0 Å². The molecule has 3 aromatic rings. The number of likely N-dealkylation sites (tertiary alicyclic amines) is 2. The number of nitrogens with zero attached hydrogens (tertiary/aromatic N) is 5. The highest BCUT2D eigenvalue weighted by Gasteiger charge is 2.39. The maximum atomic E-state index is 13.3. The molecule has 0 spiro atoms. The summed E-state index contributed by atoms with van der Waals surface area (Å²) in [6.45, 7) is 13.5. The highest BCUT2D eigenvalue weighted by molar-refractivity contribution is 5.96. The Hall–Kier alpha value is -3.45. The molecule has 0 atom stereocenters. The number of benzene rings is 2. The number of ether oxygens (including phenoxy) is 1. The van der Waals surface area contributed by atoms with Crippen molar-refractivity contribution < 1.29 is 9.53 Å². The van der Waals surface area contributed by atoms with Gasteiger partial charge in [0.25, 0.3) is 5.91 Å². The monoisotopic (exact) mass is 541 g/mol. The second-order valence-corrected chi connectivity index (χ2v) is 11.5. The fourth-order valence-electron chi connectivity index (χ4n) is 6.40. The first-order chi connectivity index (χ1) is 19.4. The third kappa shape index (κ3) is 6.15. The Morgan fingerprint density at radius 3 is 2.17 bits per heavy atom. The van der Waals surface area contributed by atoms with E-state index in [0.29, 0.717) is 18.2 Å². The van der Waals surface area contributed by atoms with Crippen LogP contribution in [0.25, 0.3) is 0 Å². The lowest BCUT2D eigenvalue weighted by molar-refractivity contribution is 0.0170. The van der Waals surface area contributed by atoms with Gasteiger partial charge in [-0.25, -0.2) is 9.97 Å². The molecule has 0 saturated carbocycles. The Balaban J connectivity index is 1.23. The SMILES string of the molecule is CCOc1ccc(N(Cc2ccccc2)C2CCN(C3(C)CCN(C(=O)c4c(C)ncnc4C)CC3)CC2)cc1. The third-order valence-corrected chi connectivity index (χ3v) is 8.91. The van der Waals surface area contributed by atoms with E-state index in [1.165, 1.54) is 17.6 Å². The van der Waals surface area contributed by atoms with Crippen LogP contribution in [-0.4, -0.2) is 70.0 Å². The largest absolute Gasteiger partial charge is 0.494 e. The number of aryl methyl sites for hydroxylation is 2. The molecule has 2 fully saturated rings. The minimum absolute atomic E-state index is 0.0725. The van der Waals surface area contributed by atoms with Gasteiger partial charge in [-0.15, -0.1) is 0 Å². The van der Waals surface area contributed by atoms with Crippen molar-refractivity contribution in [1.82, 2.24) is 19.8 Å². The van der Waals surface area contributed by atoms with Gasteiger partial charge in [-0.05, 0) is 83.2 Å². The number of piperidine rings is 2. The highest BCUT2D eigenvalue weighted by atomic mass is 16.5. The van der Waals surface area contributed by atoms with Crippen LogP contribution in [0.15, 0.2) is 60.9 Å². The lowest BCUT2D eigenvalue weighted by atomic mass is 9.85. The molecule has 0 radical (unpaired) electrons. The van der Waals surface area contributed by atoms with Crippen molar-refractivity contribution in [2.24, 2.45) is 0 Å². The van der Waals surface area contributed by atoms with Crippen LogP contribution in [0, 0.1) is 13.8 Å². The smallest absolute Gasteiger partial charge is 0.257 e. The van der Waals surface area contributed by atoms with Crippen LogP contribution in [0.1, 0.15) is 66.8 Å². The summed E-state index contributed by atoms with van der Waals surface area (Å²) in [5.41, 5.74) is 4.89. The molecule has 1 amide bonds. The van der Waals surface area contributed by atoms with Gasteiger partial charge in [0.1, 0.15) is 12.1 Å². The Morgan fingerprint density at radius 1 is 0.950 bits per heavy atom. The van der Waals surface area contributed by atoms with Crippen LogP contribution in [0.3, 0.4) is 0 Å². The van der Waals surface area contributed by atoms with Gasteiger partial charge in [0, 0.05) is 50.0 Å². The minimum Gasteiger partial charge on any atom is -0.494 e. The van der Waals surface area contributed by atoms with Crippen LogP contribution in [0.2, 0.25) is 0 Å². The summed E-state index contributed by atoms with van der Waals surface area (Å²) in [5.74, 6) is 0.992. The highest BCUT2D eigenvalue weighted by Crippen LogP contribution is 2.34. The molecule has 2 aromatic carbocycles. The summed E-state index contributed by atoms with van der Waals surface area (Å²) < 4.78 is 5.70. The zero-order valence-electron chi connectivity index (χ0n) is 24.5. The van der Waals surface area contributed by atoms with E-state index in [2.05, 4.69) is 81.3 Å². The van der Waals surface area contributed by atoms with E-state index < -0.39 is 0 Å². The van der Waals surface area contributed by atoms with E-state index in [4.69, 9.17) is 4.74 Å². The van der Waals surface area contributed by atoms with Crippen LogP contribution in [0.4, 0.5) is 5.69 Å². The quantitative estimate of drug-likeness (QED) is 0.367. The molecular formula is C33H43N5O2.